The first kappa shape index (κ1) is 18.0. The number of methoxy groups -OCH3 is 1. The monoisotopic (exact) mass is 282 g/mol. The average Bonchev–Trinajstić information content (AvgIpc) is 2.35. The minimum atomic E-state index is -0.694. The molecule has 0 aliphatic carbocycles. The molecule has 112 valence electrons. The van der Waals surface area contributed by atoms with Crippen LogP contribution < -0.4 is 0 Å². The largest absolute Gasteiger partial charge is 0.508 e. The van der Waals surface area contributed by atoms with Crippen molar-refractivity contribution >= 4 is 5.97 Å². The van der Waals surface area contributed by atoms with Crippen molar-refractivity contribution in [2.45, 2.75) is 33.3 Å². The molecule has 0 saturated carbocycles. The van der Waals surface area contributed by atoms with Crippen molar-refractivity contribution in [2.24, 2.45) is 0 Å². The first-order chi connectivity index (χ1) is 9.05. The Morgan fingerprint density at radius 1 is 1.35 bits per heavy atom. The molecule has 0 aromatic heterocycles. The molecular weight excluding hydrogens is 260 g/mol. The highest BCUT2D eigenvalue weighted by atomic mass is 16.5. The zero-order chi connectivity index (χ0) is 16.1. The Balaban J connectivity index is 0.000000511. The van der Waals surface area contributed by atoms with Crippen molar-refractivity contribution in [1.82, 2.24) is 0 Å². The van der Waals surface area contributed by atoms with Crippen molar-refractivity contribution < 1.29 is 24.9 Å². The van der Waals surface area contributed by atoms with E-state index in [1.165, 1.54) is 26.2 Å². The highest BCUT2D eigenvalue weighted by molar-refractivity contribution is 5.94. The van der Waals surface area contributed by atoms with Gasteiger partial charge in [-0.25, -0.2) is 4.79 Å². The zero-order valence-electron chi connectivity index (χ0n) is 12.5. The molecule has 0 radical (unpaired) electrons. The van der Waals surface area contributed by atoms with E-state index in [0.717, 1.165) is 0 Å². The summed E-state index contributed by atoms with van der Waals surface area (Å²) in [5.74, 6) is -0.870. The number of phenolic OH excluding ortho intramolecular Hbond substituents is 2. The SMILES string of the molecule is C=CC(C)(C)O.COC(=O)c1c(C)cc(O)c(C)c1O. The second-order valence-corrected chi connectivity index (χ2v) is 4.91. The number of carbonyl (C=O) groups is 1. The number of esters is 1. The van der Waals surface area contributed by atoms with Gasteiger partial charge in [0.05, 0.1) is 12.7 Å². The third-order valence-corrected chi connectivity index (χ3v) is 2.61. The number of rotatable bonds is 2. The number of aryl methyl sites for hydroxylation is 1. The minimum Gasteiger partial charge on any atom is -0.508 e. The van der Waals surface area contributed by atoms with E-state index in [1.807, 2.05) is 0 Å². The lowest BCUT2D eigenvalue weighted by molar-refractivity contribution is 0.0596. The Kier molecular flexibility index (Phi) is 6.26. The van der Waals surface area contributed by atoms with Crippen LogP contribution in [0.5, 0.6) is 11.5 Å². The molecule has 1 aromatic rings. The summed E-state index contributed by atoms with van der Waals surface area (Å²) in [5, 5.41) is 27.7. The summed E-state index contributed by atoms with van der Waals surface area (Å²) in [6, 6.07) is 1.42. The molecule has 1 rings (SSSR count). The maximum Gasteiger partial charge on any atom is 0.341 e. The lowest BCUT2D eigenvalue weighted by atomic mass is 10.0. The quantitative estimate of drug-likeness (QED) is 0.573. The fourth-order valence-electron chi connectivity index (χ4n) is 1.24. The molecule has 1 aromatic carbocycles. The molecule has 0 aliphatic rings. The van der Waals surface area contributed by atoms with Gasteiger partial charge >= 0.3 is 5.97 Å². The lowest BCUT2D eigenvalue weighted by Crippen LogP contribution is -2.12. The van der Waals surface area contributed by atoms with E-state index < -0.39 is 11.6 Å². The first-order valence-corrected chi connectivity index (χ1v) is 6.01. The van der Waals surface area contributed by atoms with Gasteiger partial charge < -0.3 is 20.1 Å². The van der Waals surface area contributed by atoms with Crippen molar-refractivity contribution in [3.63, 3.8) is 0 Å². The van der Waals surface area contributed by atoms with E-state index in [4.69, 9.17) is 5.11 Å². The molecule has 0 unspecified atom stereocenters. The molecule has 5 nitrogen and oxygen atoms in total. The van der Waals surface area contributed by atoms with E-state index >= 15 is 0 Å². The topological polar surface area (TPSA) is 87.0 Å². The van der Waals surface area contributed by atoms with Crippen LogP contribution >= 0.6 is 0 Å². The van der Waals surface area contributed by atoms with Crippen LogP contribution in [0.2, 0.25) is 0 Å². The molecule has 3 N–H and O–H groups in total. The highest BCUT2D eigenvalue weighted by Crippen LogP contribution is 2.32. The summed E-state index contributed by atoms with van der Waals surface area (Å²) in [5.41, 5.74) is 0.163. The smallest absolute Gasteiger partial charge is 0.341 e. The van der Waals surface area contributed by atoms with Gasteiger partial charge in [-0.3, -0.25) is 0 Å². The molecule has 0 atom stereocenters. The number of carbonyl (C=O) groups excluding carboxylic acids is 1. The van der Waals surface area contributed by atoms with Gasteiger partial charge in [0.1, 0.15) is 17.1 Å². The van der Waals surface area contributed by atoms with Crippen LogP contribution in [-0.4, -0.2) is 34.0 Å². The van der Waals surface area contributed by atoms with Crippen LogP contribution in [0.3, 0.4) is 0 Å². The Bertz CT molecular complexity index is 498. The summed E-state index contributed by atoms with van der Waals surface area (Å²) in [6.45, 7) is 9.88. The van der Waals surface area contributed by atoms with Gasteiger partial charge in [-0.1, -0.05) is 6.08 Å². The van der Waals surface area contributed by atoms with Crippen molar-refractivity contribution in [1.29, 1.82) is 0 Å². The van der Waals surface area contributed by atoms with Crippen LogP contribution in [0.15, 0.2) is 18.7 Å². The predicted molar refractivity (Wildman–Crippen MR) is 77.1 cm³/mol. The molecule has 0 fully saturated rings. The molecule has 5 heteroatoms. The van der Waals surface area contributed by atoms with Gasteiger partial charge in [0.2, 0.25) is 0 Å². The average molecular weight is 282 g/mol. The Hall–Kier alpha value is -2.01. The fourth-order valence-corrected chi connectivity index (χ4v) is 1.24. The number of aliphatic hydroxyl groups is 1. The molecular formula is C15H22O5. The standard InChI is InChI=1S/C10H12O4.C5H10O/c1-5-4-7(11)6(2)9(12)8(5)10(13)14-3;1-4-5(2,3)6/h4,11-12H,1-3H3;4,6H,1H2,2-3H3. The maximum atomic E-state index is 11.3. The lowest BCUT2D eigenvalue weighted by Gasteiger charge is -2.10. The molecule has 0 aliphatic heterocycles. The van der Waals surface area contributed by atoms with E-state index in [0.29, 0.717) is 5.56 Å². The van der Waals surface area contributed by atoms with Gasteiger partial charge in [-0.15, -0.1) is 6.58 Å². The van der Waals surface area contributed by atoms with E-state index in [9.17, 15) is 15.0 Å². The highest BCUT2D eigenvalue weighted by Gasteiger charge is 2.18. The number of hydrogen-bond acceptors (Lipinski definition) is 5. The molecule has 0 heterocycles. The zero-order valence-corrected chi connectivity index (χ0v) is 12.5. The minimum absolute atomic E-state index is 0.0346. The Morgan fingerprint density at radius 3 is 2.15 bits per heavy atom. The number of benzene rings is 1. The van der Waals surface area contributed by atoms with Crippen LogP contribution in [0, 0.1) is 13.8 Å². The molecule has 0 spiro atoms. The number of hydrogen-bond donors (Lipinski definition) is 3. The summed E-state index contributed by atoms with van der Waals surface area (Å²) in [6.07, 6.45) is 1.49. The third kappa shape index (κ3) is 4.93. The van der Waals surface area contributed by atoms with E-state index in [-0.39, 0.29) is 22.6 Å². The maximum absolute atomic E-state index is 11.3. The number of aromatic hydroxyl groups is 2. The molecule has 0 bridgehead atoms. The molecule has 0 amide bonds. The molecule has 20 heavy (non-hydrogen) atoms. The predicted octanol–water partition coefficient (Wildman–Crippen LogP) is 2.44. The van der Waals surface area contributed by atoms with Gasteiger partial charge in [-0.2, -0.15) is 0 Å². The Labute approximate surface area is 119 Å². The van der Waals surface area contributed by atoms with E-state index in [2.05, 4.69) is 11.3 Å². The normalized spacial score (nSPS) is 10.3. The Morgan fingerprint density at radius 2 is 1.80 bits per heavy atom. The van der Waals surface area contributed by atoms with Gasteiger partial charge in [0.15, 0.2) is 0 Å². The van der Waals surface area contributed by atoms with Crippen LogP contribution in [0.25, 0.3) is 0 Å². The van der Waals surface area contributed by atoms with Crippen LogP contribution in [0.1, 0.15) is 35.3 Å². The first-order valence-electron chi connectivity index (χ1n) is 6.01. The number of ether oxygens (including phenoxy) is 1. The second-order valence-electron chi connectivity index (χ2n) is 4.91. The van der Waals surface area contributed by atoms with Gasteiger partial charge in [0, 0.05) is 5.56 Å². The third-order valence-electron chi connectivity index (χ3n) is 2.61. The van der Waals surface area contributed by atoms with Crippen molar-refractivity contribution in [2.75, 3.05) is 7.11 Å². The van der Waals surface area contributed by atoms with Crippen molar-refractivity contribution in [3.8, 4) is 11.5 Å². The molecule has 0 saturated heterocycles. The number of phenols is 2. The van der Waals surface area contributed by atoms with Crippen LogP contribution in [0.4, 0.5) is 0 Å². The summed E-state index contributed by atoms with van der Waals surface area (Å²) in [7, 11) is 1.24. The fraction of sp³-hybridized carbons (Fsp3) is 0.400. The van der Waals surface area contributed by atoms with Gasteiger partial charge in [-0.05, 0) is 39.3 Å². The summed E-state index contributed by atoms with van der Waals surface area (Å²) in [4.78, 5) is 11.3. The summed E-state index contributed by atoms with van der Waals surface area (Å²) >= 11 is 0. The van der Waals surface area contributed by atoms with Crippen molar-refractivity contribution in [3.05, 3.63) is 35.4 Å². The van der Waals surface area contributed by atoms with E-state index in [1.54, 1.807) is 20.8 Å². The van der Waals surface area contributed by atoms with Crippen LogP contribution in [-0.2, 0) is 4.74 Å². The van der Waals surface area contributed by atoms with Gasteiger partial charge in [0.25, 0.3) is 0 Å². The second kappa shape index (κ2) is 6.96. The summed E-state index contributed by atoms with van der Waals surface area (Å²) < 4.78 is 4.51.